The minimum absolute atomic E-state index is 0.123. The second-order valence-electron chi connectivity index (χ2n) is 4.48. The van der Waals surface area contributed by atoms with Gasteiger partial charge in [-0.3, -0.25) is 8.75 Å². The van der Waals surface area contributed by atoms with Crippen molar-refractivity contribution in [3.05, 3.63) is 45.7 Å². The van der Waals surface area contributed by atoms with Crippen LogP contribution < -0.4 is 10.9 Å². The molecule has 2 aromatic rings. The van der Waals surface area contributed by atoms with Gasteiger partial charge in [-0.1, -0.05) is 19.1 Å². The van der Waals surface area contributed by atoms with Gasteiger partial charge >= 0.3 is 6.18 Å². The Morgan fingerprint density at radius 3 is 2.64 bits per heavy atom. The molecule has 1 aromatic heterocycles. The Labute approximate surface area is 128 Å². The van der Waals surface area contributed by atoms with Crippen LogP contribution >= 0.6 is 11.5 Å². The normalized spacial score (nSPS) is 11.2. The maximum Gasteiger partial charge on any atom is 0.418 e. The number of nitrogens with one attached hydrogen (secondary N) is 1. The van der Waals surface area contributed by atoms with Gasteiger partial charge in [0.05, 0.1) is 11.3 Å². The maximum atomic E-state index is 13.0. The second kappa shape index (κ2) is 6.23. The van der Waals surface area contributed by atoms with E-state index in [0.717, 1.165) is 17.6 Å². The molecule has 22 heavy (non-hydrogen) atoms. The van der Waals surface area contributed by atoms with Gasteiger partial charge in [-0.15, -0.1) is 0 Å². The molecule has 1 N–H and O–H groups in total. The molecule has 0 aliphatic heterocycles. The number of nitrogens with zero attached hydrogens (tertiary/aromatic N) is 2. The number of alkyl halides is 3. The Balaban J connectivity index is 2.47. The summed E-state index contributed by atoms with van der Waals surface area (Å²) in [6, 6.07) is 6.70. The third-order valence-electron chi connectivity index (χ3n) is 2.89. The van der Waals surface area contributed by atoms with Crippen molar-refractivity contribution >= 4 is 22.2 Å². The molecular weight excluding hydrogens is 315 g/mol. The first kappa shape index (κ1) is 16.1. The molecule has 8 heteroatoms. The van der Waals surface area contributed by atoms with Crippen LogP contribution in [0.15, 0.2) is 29.1 Å². The maximum absolute atomic E-state index is 13.0. The Morgan fingerprint density at radius 1 is 1.36 bits per heavy atom. The summed E-state index contributed by atoms with van der Waals surface area (Å²) in [6.07, 6.45) is -3.84. The van der Waals surface area contributed by atoms with Gasteiger partial charge in [-0.25, -0.2) is 0 Å². The molecule has 0 unspecified atom stereocenters. The lowest BCUT2D eigenvalue weighted by molar-refractivity contribution is -0.136. The summed E-state index contributed by atoms with van der Waals surface area (Å²) in [5, 5.41) is 11.8. The molecule has 0 spiro atoms. The fourth-order valence-corrected chi connectivity index (χ4v) is 2.96. The third-order valence-corrected chi connectivity index (χ3v) is 3.95. The Hall–Kier alpha value is -2.27. The topological polar surface area (TPSA) is 57.8 Å². The lowest BCUT2D eigenvalue weighted by Gasteiger charge is -2.13. The van der Waals surface area contributed by atoms with E-state index in [1.54, 1.807) is 6.07 Å². The van der Waals surface area contributed by atoms with Crippen molar-refractivity contribution in [2.24, 2.45) is 0 Å². The van der Waals surface area contributed by atoms with Gasteiger partial charge in [0, 0.05) is 6.54 Å². The van der Waals surface area contributed by atoms with Gasteiger partial charge in [0.25, 0.3) is 5.56 Å². The van der Waals surface area contributed by atoms with Crippen LogP contribution in [-0.2, 0) is 12.7 Å². The Bertz CT molecular complexity index is 771. The predicted octanol–water partition coefficient (Wildman–Crippen LogP) is 3.95. The molecule has 4 nitrogen and oxygen atoms in total. The number of aromatic nitrogens is 1. The van der Waals surface area contributed by atoms with Crippen LogP contribution in [0.4, 0.5) is 23.9 Å². The van der Waals surface area contributed by atoms with Crippen molar-refractivity contribution in [3.63, 3.8) is 0 Å². The molecular formula is C14H12F3N3OS. The Morgan fingerprint density at radius 2 is 2.05 bits per heavy atom. The fraction of sp³-hybridized carbons (Fsp3) is 0.286. The zero-order valence-corrected chi connectivity index (χ0v) is 12.4. The molecule has 2 rings (SSSR count). The SMILES string of the molecule is CCCn1sc(Nc2ccccc2C(F)(F)F)c(C#N)c1=O. The predicted molar refractivity (Wildman–Crippen MR) is 78.3 cm³/mol. The van der Waals surface area contributed by atoms with Gasteiger partial charge in [-0.05, 0) is 30.1 Å². The molecule has 0 bridgehead atoms. The van der Waals surface area contributed by atoms with Crippen molar-refractivity contribution in [2.45, 2.75) is 26.1 Å². The number of hydrogen-bond donors (Lipinski definition) is 1. The number of nitriles is 1. The average Bonchev–Trinajstić information content (AvgIpc) is 2.74. The summed E-state index contributed by atoms with van der Waals surface area (Å²) in [6.45, 7) is 2.28. The highest BCUT2D eigenvalue weighted by Gasteiger charge is 2.33. The summed E-state index contributed by atoms with van der Waals surface area (Å²) < 4.78 is 40.3. The lowest BCUT2D eigenvalue weighted by Crippen LogP contribution is -2.15. The molecule has 0 radical (unpaired) electrons. The largest absolute Gasteiger partial charge is 0.418 e. The highest BCUT2D eigenvalue weighted by Crippen LogP contribution is 2.36. The number of rotatable bonds is 4. The molecule has 0 fully saturated rings. The van der Waals surface area contributed by atoms with Crippen LogP contribution in [0.25, 0.3) is 0 Å². The number of benzene rings is 1. The van der Waals surface area contributed by atoms with Gasteiger partial charge in [0.1, 0.15) is 11.1 Å². The molecule has 1 heterocycles. The summed E-state index contributed by atoms with van der Waals surface area (Å²) in [5.41, 5.74) is -1.69. The number of halogens is 3. The zero-order chi connectivity index (χ0) is 16.3. The van der Waals surface area contributed by atoms with Crippen molar-refractivity contribution in [1.82, 2.24) is 3.96 Å². The monoisotopic (exact) mass is 327 g/mol. The molecule has 0 saturated carbocycles. The third kappa shape index (κ3) is 3.14. The fourth-order valence-electron chi connectivity index (χ4n) is 1.91. The van der Waals surface area contributed by atoms with E-state index in [4.69, 9.17) is 5.26 Å². The van der Waals surface area contributed by atoms with E-state index in [2.05, 4.69) is 5.32 Å². The number of anilines is 2. The first-order valence-electron chi connectivity index (χ1n) is 6.46. The zero-order valence-electron chi connectivity index (χ0n) is 11.6. The summed E-state index contributed by atoms with van der Waals surface area (Å²) in [5.74, 6) is 0. The van der Waals surface area contributed by atoms with Crippen molar-refractivity contribution in [1.29, 1.82) is 5.26 Å². The van der Waals surface area contributed by atoms with Crippen LogP contribution in [0.5, 0.6) is 0 Å². The number of hydrogen-bond acceptors (Lipinski definition) is 4. The number of aryl methyl sites for hydroxylation is 1. The van der Waals surface area contributed by atoms with Crippen LogP contribution in [0, 0.1) is 11.3 Å². The van der Waals surface area contributed by atoms with Gasteiger partial charge < -0.3 is 5.32 Å². The smallest absolute Gasteiger partial charge is 0.344 e. The molecule has 0 amide bonds. The van der Waals surface area contributed by atoms with E-state index in [-0.39, 0.29) is 16.3 Å². The van der Waals surface area contributed by atoms with Crippen molar-refractivity contribution in [3.8, 4) is 6.07 Å². The second-order valence-corrected chi connectivity index (χ2v) is 5.51. The molecule has 0 aliphatic rings. The van der Waals surface area contributed by atoms with Crippen LogP contribution in [0.2, 0.25) is 0 Å². The van der Waals surface area contributed by atoms with E-state index in [1.807, 2.05) is 6.92 Å². The van der Waals surface area contributed by atoms with Crippen molar-refractivity contribution in [2.75, 3.05) is 5.32 Å². The quantitative estimate of drug-likeness (QED) is 0.925. The van der Waals surface area contributed by atoms with Crippen molar-refractivity contribution < 1.29 is 13.2 Å². The molecule has 0 aliphatic carbocycles. The van der Waals surface area contributed by atoms with Crippen LogP contribution in [-0.4, -0.2) is 3.96 Å². The Kier molecular flexibility index (Phi) is 4.56. The molecule has 0 atom stereocenters. The van der Waals surface area contributed by atoms with Gasteiger partial charge in [0.2, 0.25) is 0 Å². The summed E-state index contributed by atoms with van der Waals surface area (Å²) in [4.78, 5) is 12.0. The molecule has 0 saturated heterocycles. The van der Waals surface area contributed by atoms with E-state index in [1.165, 1.54) is 22.2 Å². The van der Waals surface area contributed by atoms with Crippen LogP contribution in [0.3, 0.4) is 0 Å². The highest BCUT2D eigenvalue weighted by molar-refractivity contribution is 7.11. The van der Waals surface area contributed by atoms with E-state index in [9.17, 15) is 18.0 Å². The lowest BCUT2D eigenvalue weighted by atomic mass is 10.1. The van der Waals surface area contributed by atoms with E-state index >= 15 is 0 Å². The van der Waals surface area contributed by atoms with Gasteiger partial charge in [0.15, 0.2) is 5.56 Å². The first-order valence-corrected chi connectivity index (χ1v) is 7.23. The first-order chi connectivity index (χ1) is 10.4. The molecule has 116 valence electrons. The minimum atomic E-state index is -4.52. The summed E-state index contributed by atoms with van der Waals surface area (Å²) in [7, 11) is 0. The highest BCUT2D eigenvalue weighted by atomic mass is 32.1. The molecule has 1 aromatic carbocycles. The van der Waals surface area contributed by atoms with Crippen LogP contribution in [0.1, 0.15) is 24.5 Å². The number of para-hydroxylation sites is 1. The summed E-state index contributed by atoms with van der Waals surface area (Å²) >= 11 is 0.953. The minimum Gasteiger partial charge on any atom is -0.344 e. The average molecular weight is 327 g/mol. The van der Waals surface area contributed by atoms with Gasteiger partial charge in [-0.2, -0.15) is 18.4 Å². The van der Waals surface area contributed by atoms with E-state index < -0.39 is 17.3 Å². The standard InChI is InChI=1S/C14H12F3N3OS/c1-2-7-20-13(21)9(8-18)12(22-20)19-11-6-4-3-5-10(11)14(15,16)17/h3-6,19H,2,7H2,1H3. The van der Waals surface area contributed by atoms with E-state index in [0.29, 0.717) is 13.0 Å².